The Labute approximate surface area is 109 Å². The van der Waals surface area contributed by atoms with Gasteiger partial charge in [0, 0.05) is 29.7 Å². The van der Waals surface area contributed by atoms with Crippen LogP contribution in [0.3, 0.4) is 0 Å². The molecule has 0 unspecified atom stereocenters. The number of aromatic nitrogens is 1. The number of fused-ring (bicyclic) bond motifs is 1. The molecular weight excluding hydrogens is 220 g/mol. The van der Waals surface area contributed by atoms with Gasteiger partial charge < -0.3 is 10.3 Å². The fourth-order valence-electron chi connectivity index (χ4n) is 3.20. The van der Waals surface area contributed by atoms with Crippen molar-refractivity contribution in [3.05, 3.63) is 36.0 Å². The second-order valence-corrected chi connectivity index (χ2v) is 5.57. The molecule has 1 fully saturated rings. The molecule has 18 heavy (non-hydrogen) atoms. The predicted molar refractivity (Wildman–Crippen MR) is 76.6 cm³/mol. The van der Waals surface area contributed by atoms with Crippen molar-refractivity contribution >= 4 is 10.9 Å². The highest BCUT2D eigenvalue weighted by Gasteiger charge is 2.20. The van der Waals surface area contributed by atoms with Crippen LogP contribution in [0.15, 0.2) is 30.5 Å². The third-order valence-corrected chi connectivity index (χ3v) is 4.41. The second-order valence-electron chi connectivity index (χ2n) is 5.57. The van der Waals surface area contributed by atoms with Crippen molar-refractivity contribution in [3.63, 3.8) is 0 Å². The first-order valence-corrected chi connectivity index (χ1v) is 7.13. The van der Waals surface area contributed by atoms with Gasteiger partial charge in [-0.05, 0) is 43.4 Å². The van der Waals surface area contributed by atoms with Gasteiger partial charge in [0.15, 0.2) is 0 Å². The van der Waals surface area contributed by atoms with E-state index in [0.717, 1.165) is 12.5 Å². The number of hydrogen-bond donors (Lipinski definition) is 2. The molecule has 1 heterocycles. The predicted octanol–water partition coefficient (Wildman–Crippen LogP) is 3.84. The van der Waals surface area contributed by atoms with Gasteiger partial charge in [-0.2, -0.15) is 0 Å². The maximum absolute atomic E-state index is 3.71. The number of benzene rings is 1. The minimum absolute atomic E-state index is 0.640. The van der Waals surface area contributed by atoms with Crippen LogP contribution in [-0.4, -0.2) is 11.0 Å². The summed E-state index contributed by atoms with van der Waals surface area (Å²) in [6, 6.07) is 9.31. The number of rotatable bonds is 4. The van der Waals surface area contributed by atoms with Crippen molar-refractivity contribution < 1.29 is 0 Å². The third-order valence-electron chi connectivity index (χ3n) is 4.41. The SMILES string of the molecule is C[C@H](NCc1cccc2[nH]ccc12)C1CCCC1. The summed E-state index contributed by atoms with van der Waals surface area (Å²) in [6.07, 6.45) is 7.67. The summed E-state index contributed by atoms with van der Waals surface area (Å²) in [5.41, 5.74) is 2.64. The van der Waals surface area contributed by atoms with E-state index in [0.29, 0.717) is 6.04 Å². The van der Waals surface area contributed by atoms with Crippen molar-refractivity contribution in [2.45, 2.75) is 45.2 Å². The fourth-order valence-corrected chi connectivity index (χ4v) is 3.20. The van der Waals surface area contributed by atoms with Crippen molar-refractivity contribution in [2.75, 3.05) is 0 Å². The highest BCUT2D eigenvalue weighted by atomic mass is 14.9. The van der Waals surface area contributed by atoms with Crippen LogP contribution in [0.1, 0.15) is 38.2 Å². The van der Waals surface area contributed by atoms with Gasteiger partial charge in [0.25, 0.3) is 0 Å². The summed E-state index contributed by atoms with van der Waals surface area (Å²) in [5.74, 6) is 0.885. The Morgan fingerprint density at radius 3 is 2.94 bits per heavy atom. The lowest BCUT2D eigenvalue weighted by Crippen LogP contribution is -2.31. The Morgan fingerprint density at radius 1 is 1.28 bits per heavy atom. The van der Waals surface area contributed by atoms with Gasteiger partial charge in [0.2, 0.25) is 0 Å². The zero-order valence-electron chi connectivity index (χ0n) is 11.1. The van der Waals surface area contributed by atoms with Crippen molar-refractivity contribution in [1.29, 1.82) is 0 Å². The van der Waals surface area contributed by atoms with E-state index < -0.39 is 0 Å². The zero-order chi connectivity index (χ0) is 12.4. The summed E-state index contributed by atoms with van der Waals surface area (Å²) in [5, 5.41) is 5.06. The fraction of sp³-hybridized carbons (Fsp3) is 0.500. The molecule has 1 atom stereocenters. The highest BCUT2D eigenvalue weighted by Crippen LogP contribution is 2.27. The largest absolute Gasteiger partial charge is 0.361 e. The molecule has 1 aliphatic rings. The van der Waals surface area contributed by atoms with Crippen LogP contribution in [0.2, 0.25) is 0 Å². The first-order valence-electron chi connectivity index (χ1n) is 7.13. The summed E-state index contributed by atoms with van der Waals surface area (Å²) < 4.78 is 0. The molecule has 2 aromatic rings. The molecule has 1 aromatic carbocycles. The first kappa shape index (κ1) is 11.8. The van der Waals surface area contributed by atoms with E-state index >= 15 is 0 Å². The molecule has 2 N–H and O–H groups in total. The van der Waals surface area contributed by atoms with E-state index in [4.69, 9.17) is 0 Å². The number of aromatic amines is 1. The van der Waals surface area contributed by atoms with E-state index in [1.54, 1.807) is 0 Å². The lowest BCUT2D eigenvalue weighted by molar-refractivity contribution is 0.381. The summed E-state index contributed by atoms with van der Waals surface area (Å²) in [6.45, 7) is 3.32. The molecule has 96 valence electrons. The normalized spacial score (nSPS) is 18.5. The van der Waals surface area contributed by atoms with Crippen LogP contribution in [0.5, 0.6) is 0 Å². The van der Waals surface area contributed by atoms with E-state index in [9.17, 15) is 0 Å². The van der Waals surface area contributed by atoms with Crippen LogP contribution < -0.4 is 5.32 Å². The number of nitrogens with one attached hydrogen (secondary N) is 2. The molecule has 0 amide bonds. The van der Waals surface area contributed by atoms with Gasteiger partial charge in [-0.15, -0.1) is 0 Å². The van der Waals surface area contributed by atoms with Gasteiger partial charge in [-0.25, -0.2) is 0 Å². The molecule has 2 heteroatoms. The topological polar surface area (TPSA) is 27.8 Å². The van der Waals surface area contributed by atoms with Crippen molar-refractivity contribution in [3.8, 4) is 0 Å². The van der Waals surface area contributed by atoms with Gasteiger partial charge >= 0.3 is 0 Å². The van der Waals surface area contributed by atoms with E-state index in [1.807, 2.05) is 6.20 Å². The Balaban J connectivity index is 1.67. The molecule has 1 aromatic heterocycles. The second kappa shape index (κ2) is 5.15. The molecule has 0 saturated heterocycles. The lowest BCUT2D eigenvalue weighted by atomic mass is 9.99. The number of H-pyrrole nitrogens is 1. The van der Waals surface area contributed by atoms with Crippen LogP contribution in [0.25, 0.3) is 10.9 Å². The van der Waals surface area contributed by atoms with E-state index in [1.165, 1.54) is 42.1 Å². The molecule has 3 rings (SSSR count). The molecule has 0 aliphatic heterocycles. The van der Waals surface area contributed by atoms with Crippen LogP contribution in [0, 0.1) is 5.92 Å². The summed E-state index contributed by atoms with van der Waals surface area (Å²) >= 11 is 0. The maximum atomic E-state index is 3.71. The average molecular weight is 242 g/mol. The van der Waals surface area contributed by atoms with Gasteiger partial charge in [-0.1, -0.05) is 25.0 Å². The Morgan fingerprint density at radius 2 is 2.11 bits per heavy atom. The highest BCUT2D eigenvalue weighted by molar-refractivity contribution is 5.82. The molecule has 0 radical (unpaired) electrons. The Bertz CT molecular complexity index is 509. The molecule has 1 aliphatic carbocycles. The standard InChI is InChI=1S/C16H22N2/c1-12(13-5-2-3-6-13)18-11-14-7-4-8-16-15(14)9-10-17-16/h4,7-10,12-13,17-18H,2-3,5-6,11H2,1H3/t12-/m0/s1. The van der Waals surface area contributed by atoms with Crippen LogP contribution in [-0.2, 0) is 6.54 Å². The number of hydrogen-bond acceptors (Lipinski definition) is 1. The average Bonchev–Trinajstić information content (AvgIpc) is 3.05. The Kier molecular flexibility index (Phi) is 3.37. The quantitative estimate of drug-likeness (QED) is 0.837. The summed E-state index contributed by atoms with van der Waals surface area (Å²) in [7, 11) is 0. The van der Waals surface area contributed by atoms with Gasteiger partial charge in [-0.3, -0.25) is 0 Å². The van der Waals surface area contributed by atoms with E-state index in [2.05, 4.69) is 41.5 Å². The van der Waals surface area contributed by atoms with Crippen LogP contribution >= 0.6 is 0 Å². The zero-order valence-corrected chi connectivity index (χ0v) is 11.1. The molecule has 2 nitrogen and oxygen atoms in total. The maximum Gasteiger partial charge on any atom is 0.0457 e. The molecule has 0 spiro atoms. The smallest absolute Gasteiger partial charge is 0.0457 e. The molecular formula is C16H22N2. The van der Waals surface area contributed by atoms with Crippen LogP contribution in [0.4, 0.5) is 0 Å². The van der Waals surface area contributed by atoms with Crippen molar-refractivity contribution in [1.82, 2.24) is 10.3 Å². The molecule has 1 saturated carbocycles. The molecule has 0 bridgehead atoms. The minimum atomic E-state index is 0.640. The third kappa shape index (κ3) is 2.30. The monoisotopic (exact) mass is 242 g/mol. The summed E-state index contributed by atoms with van der Waals surface area (Å²) in [4.78, 5) is 3.27. The minimum Gasteiger partial charge on any atom is -0.361 e. The van der Waals surface area contributed by atoms with Gasteiger partial charge in [0.1, 0.15) is 0 Å². The van der Waals surface area contributed by atoms with Gasteiger partial charge in [0.05, 0.1) is 0 Å². The Hall–Kier alpha value is -1.28. The first-order chi connectivity index (χ1) is 8.84. The van der Waals surface area contributed by atoms with Crippen molar-refractivity contribution in [2.24, 2.45) is 5.92 Å². The van der Waals surface area contributed by atoms with E-state index in [-0.39, 0.29) is 0 Å². The lowest BCUT2D eigenvalue weighted by Gasteiger charge is -2.20.